The standard InChI is InChI=1S/C45H56N4O7/c1-46-15-13-31-26-39(52-4)41-27-34(31)36(46)23-29-7-10-32(11-8-29)55-40-25-30(9-12-38(40)51-3)24-37-42-33(14-16-47(37)2)35(43(53-5)45(54-6)44(42)56-41)28-49-19-17-48(18-20-49)21-22-50/h7-12,25-27,36-37,50H,13-24,28H2,1-6H3/t36-,37-/m0/s1. The van der Waals surface area contributed by atoms with Crippen LogP contribution >= 0.6 is 0 Å². The van der Waals surface area contributed by atoms with Crippen molar-refractivity contribution in [2.45, 2.75) is 44.3 Å². The minimum absolute atomic E-state index is 0.0596. The van der Waals surface area contributed by atoms with E-state index in [-0.39, 0.29) is 18.7 Å². The highest BCUT2D eigenvalue weighted by Gasteiger charge is 2.38. The average molecular weight is 765 g/mol. The maximum Gasteiger partial charge on any atom is 0.204 e. The molecule has 0 unspecified atom stereocenters. The Labute approximate surface area is 331 Å². The van der Waals surface area contributed by atoms with Crippen molar-refractivity contribution in [2.24, 2.45) is 0 Å². The van der Waals surface area contributed by atoms with Gasteiger partial charge in [-0.3, -0.25) is 19.6 Å². The number of hydrogen-bond donors (Lipinski definition) is 1. The van der Waals surface area contributed by atoms with Crippen LogP contribution in [0, 0.1) is 0 Å². The monoisotopic (exact) mass is 764 g/mol. The molecule has 4 aromatic rings. The molecule has 0 spiro atoms. The van der Waals surface area contributed by atoms with Gasteiger partial charge in [0, 0.05) is 75.6 Å². The highest BCUT2D eigenvalue weighted by molar-refractivity contribution is 5.67. The lowest BCUT2D eigenvalue weighted by molar-refractivity contribution is 0.107. The van der Waals surface area contributed by atoms with E-state index in [1.807, 2.05) is 6.07 Å². The molecule has 2 atom stereocenters. The van der Waals surface area contributed by atoms with E-state index in [0.29, 0.717) is 53.2 Å². The number of ether oxygens (including phenoxy) is 6. The zero-order valence-electron chi connectivity index (χ0n) is 33.7. The minimum Gasteiger partial charge on any atom is -0.493 e. The van der Waals surface area contributed by atoms with E-state index >= 15 is 0 Å². The third-order valence-corrected chi connectivity index (χ3v) is 12.4. The molecule has 6 bridgehead atoms. The number of aliphatic hydroxyl groups excluding tert-OH is 1. The summed E-state index contributed by atoms with van der Waals surface area (Å²) in [5, 5.41) is 9.56. The molecular formula is C45H56N4O7. The zero-order chi connectivity index (χ0) is 38.9. The molecule has 11 heteroatoms. The molecule has 0 saturated carbocycles. The minimum atomic E-state index is -0.0596. The van der Waals surface area contributed by atoms with Crippen molar-refractivity contribution in [3.8, 4) is 46.0 Å². The predicted octanol–water partition coefficient (Wildman–Crippen LogP) is 6.27. The van der Waals surface area contributed by atoms with Gasteiger partial charge in [-0.1, -0.05) is 18.2 Å². The number of piperazine rings is 1. The van der Waals surface area contributed by atoms with Crippen molar-refractivity contribution >= 4 is 0 Å². The maximum absolute atomic E-state index is 9.56. The van der Waals surface area contributed by atoms with E-state index < -0.39 is 0 Å². The van der Waals surface area contributed by atoms with Crippen LogP contribution in [0.1, 0.15) is 51.0 Å². The summed E-state index contributed by atoms with van der Waals surface area (Å²) in [5.74, 6) is 5.44. The molecule has 5 heterocycles. The largest absolute Gasteiger partial charge is 0.493 e. The first-order chi connectivity index (χ1) is 27.3. The van der Waals surface area contributed by atoms with Gasteiger partial charge in [0.2, 0.25) is 5.75 Å². The Bertz CT molecular complexity index is 2030. The van der Waals surface area contributed by atoms with Crippen LogP contribution in [-0.2, 0) is 32.2 Å². The first-order valence-electron chi connectivity index (χ1n) is 19.9. The number of β-amino-alcohol motifs (C(OH)–C–C–N with tert-alkyl or cyclic N) is 1. The smallest absolute Gasteiger partial charge is 0.204 e. The predicted molar refractivity (Wildman–Crippen MR) is 216 cm³/mol. The van der Waals surface area contributed by atoms with Gasteiger partial charge < -0.3 is 33.5 Å². The molecule has 5 aliphatic heterocycles. The van der Waals surface area contributed by atoms with E-state index in [2.05, 4.69) is 82.2 Å². The third-order valence-electron chi connectivity index (χ3n) is 12.4. The summed E-state index contributed by atoms with van der Waals surface area (Å²) in [7, 11) is 11.3. The molecule has 1 N–H and O–H groups in total. The normalized spacial score (nSPS) is 20.3. The number of aliphatic hydroxyl groups is 1. The van der Waals surface area contributed by atoms with Crippen molar-refractivity contribution in [3.05, 3.63) is 93.5 Å². The van der Waals surface area contributed by atoms with Crippen LogP contribution in [0.4, 0.5) is 0 Å². The van der Waals surface area contributed by atoms with Gasteiger partial charge in [-0.15, -0.1) is 0 Å². The fraction of sp³-hybridized carbons (Fsp3) is 0.467. The number of fused-ring (bicyclic) bond motifs is 2. The first-order valence-corrected chi connectivity index (χ1v) is 19.9. The lowest BCUT2D eigenvalue weighted by atomic mass is 9.84. The van der Waals surface area contributed by atoms with Crippen molar-refractivity contribution in [1.29, 1.82) is 0 Å². The molecule has 11 nitrogen and oxygen atoms in total. The molecule has 298 valence electrons. The Morgan fingerprint density at radius 3 is 2.04 bits per heavy atom. The van der Waals surface area contributed by atoms with Gasteiger partial charge in [-0.25, -0.2) is 0 Å². The van der Waals surface area contributed by atoms with Gasteiger partial charge in [-0.05, 0) is 104 Å². The zero-order valence-corrected chi connectivity index (χ0v) is 33.7. The second-order valence-corrected chi connectivity index (χ2v) is 15.5. The van der Waals surface area contributed by atoms with Crippen LogP contribution in [0.3, 0.4) is 0 Å². The lowest BCUT2D eigenvalue weighted by Gasteiger charge is -2.40. The van der Waals surface area contributed by atoms with Gasteiger partial charge in [0.25, 0.3) is 0 Å². The van der Waals surface area contributed by atoms with Crippen molar-refractivity contribution in [3.63, 3.8) is 0 Å². The second kappa shape index (κ2) is 16.5. The van der Waals surface area contributed by atoms with Crippen LogP contribution in [-0.4, -0.2) is 120 Å². The molecule has 0 aliphatic carbocycles. The quantitative estimate of drug-likeness (QED) is 0.220. The Balaban J connectivity index is 1.33. The summed E-state index contributed by atoms with van der Waals surface area (Å²) in [4.78, 5) is 9.68. The summed E-state index contributed by atoms with van der Waals surface area (Å²) in [6.45, 7) is 7.05. The van der Waals surface area contributed by atoms with Crippen LogP contribution in [0.25, 0.3) is 0 Å². The van der Waals surface area contributed by atoms with E-state index in [9.17, 15) is 5.11 Å². The molecule has 5 aliphatic rings. The molecule has 9 rings (SSSR count). The fourth-order valence-corrected chi connectivity index (χ4v) is 9.21. The van der Waals surface area contributed by atoms with E-state index in [0.717, 1.165) is 87.5 Å². The topological polar surface area (TPSA) is 88.6 Å². The number of hydrogen-bond acceptors (Lipinski definition) is 11. The molecule has 0 radical (unpaired) electrons. The molecule has 0 amide bonds. The highest BCUT2D eigenvalue weighted by atomic mass is 16.5. The molecule has 1 saturated heterocycles. The first kappa shape index (κ1) is 38.4. The van der Waals surface area contributed by atoms with Gasteiger partial charge >= 0.3 is 0 Å². The molecule has 56 heavy (non-hydrogen) atoms. The van der Waals surface area contributed by atoms with Gasteiger partial charge in [0.15, 0.2) is 34.5 Å². The second-order valence-electron chi connectivity index (χ2n) is 15.5. The van der Waals surface area contributed by atoms with Crippen LogP contribution < -0.4 is 28.4 Å². The van der Waals surface area contributed by atoms with Gasteiger partial charge in [0.05, 0.1) is 35.0 Å². The van der Waals surface area contributed by atoms with Crippen LogP contribution in [0.5, 0.6) is 46.0 Å². The molecule has 1 fully saturated rings. The third kappa shape index (κ3) is 7.39. The van der Waals surface area contributed by atoms with E-state index in [4.69, 9.17) is 28.4 Å². The molecular weight excluding hydrogens is 709 g/mol. The Morgan fingerprint density at radius 2 is 1.32 bits per heavy atom. The molecule has 0 aromatic heterocycles. The Kier molecular flexibility index (Phi) is 11.3. The van der Waals surface area contributed by atoms with Crippen LogP contribution in [0.15, 0.2) is 54.6 Å². The van der Waals surface area contributed by atoms with Crippen LogP contribution in [0.2, 0.25) is 0 Å². The average Bonchev–Trinajstić information content (AvgIpc) is 3.21. The SMILES string of the molecule is COc1ccc2cc1Oc1ccc(cc1)C[C@H]1c3cc(c(OC)cc3CCN1C)Oc1c(OC)c(OC)c(CN3CCN(CCO)CC3)c3c1[C@H](C2)N(C)CC3. The highest BCUT2D eigenvalue weighted by Crippen LogP contribution is 2.54. The summed E-state index contributed by atoms with van der Waals surface area (Å²) in [5.41, 5.74) is 8.34. The number of likely N-dealkylation sites (N-methyl/N-ethyl adjacent to an activating group) is 2. The molecule has 4 aromatic carbocycles. The van der Waals surface area contributed by atoms with E-state index in [1.165, 1.54) is 22.3 Å². The van der Waals surface area contributed by atoms with Gasteiger partial charge in [0.1, 0.15) is 5.75 Å². The maximum atomic E-state index is 9.56. The Morgan fingerprint density at radius 1 is 0.661 bits per heavy atom. The number of rotatable bonds is 8. The van der Waals surface area contributed by atoms with Crippen molar-refractivity contribution in [1.82, 2.24) is 19.6 Å². The lowest BCUT2D eigenvalue weighted by Crippen LogP contribution is -2.47. The summed E-state index contributed by atoms with van der Waals surface area (Å²) >= 11 is 0. The number of benzene rings is 4. The van der Waals surface area contributed by atoms with Crippen molar-refractivity contribution in [2.75, 3.05) is 95.0 Å². The fourth-order valence-electron chi connectivity index (χ4n) is 9.21. The number of methoxy groups -OCH3 is 4. The summed E-state index contributed by atoms with van der Waals surface area (Å²) < 4.78 is 38.4. The van der Waals surface area contributed by atoms with Gasteiger partial charge in [-0.2, -0.15) is 0 Å². The number of nitrogens with zero attached hydrogens (tertiary/aromatic N) is 4. The summed E-state index contributed by atoms with van der Waals surface area (Å²) in [6, 6.07) is 19.1. The Hall–Kier alpha value is -4.52. The van der Waals surface area contributed by atoms with Crippen molar-refractivity contribution < 1.29 is 33.5 Å². The summed E-state index contributed by atoms with van der Waals surface area (Å²) in [6.07, 6.45) is 3.28. The van der Waals surface area contributed by atoms with E-state index in [1.54, 1.807) is 28.4 Å².